The number of nitrogens with two attached hydrogens (primary N) is 1. The van der Waals surface area contributed by atoms with Crippen LogP contribution >= 0.6 is 0 Å². The van der Waals surface area contributed by atoms with Crippen LogP contribution < -0.4 is 16.0 Å². The normalized spacial score (nSPS) is 11.0. The van der Waals surface area contributed by atoms with E-state index < -0.39 is 0 Å². The van der Waals surface area contributed by atoms with E-state index in [4.69, 9.17) is 10.5 Å². The summed E-state index contributed by atoms with van der Waals surface area (Å²) in [6.07, 6.45) is 3.26. The summed E-state index contributed by atoms with van der Waals surface area (Å²) in [5.41, 5.74) is 7.71. The van der Waals surface area contributed by atoms with E-state index in [1.807, 2.05) is 43.3 Å². The van der Waals surface area contributed by atoms with Gasteiger partial charge in [-0.25, -0.2) is 4.79 Å². The Morgan fingerprint density at radius 3 is 2.46 bits per heavy atom. The van der Waals surface area contributed by atoms with Gasteiger partial charge in [0.1, 0.15) is 5.70 Å². The second kappa shape index (κ2) is 10.3. The Hall–Kier alpha value is -2.50. The quantitative estimate of drug-likeness (QED) is 0.388. The molecule has 0 radical (unpaired) electrons. The zero-order chi connectivity index (χ0) is 17.9. The minimum Gasteiger partial charge on any atom is -0.461 e. The Bertz CT molecular complexity index is 565. The molecule has 6 heteroatoms. The summed E-state index contributed by atoms with van der Waals surface area (Å²) in [6.45, 7) is 2.60. The molecule has 0 aromatic heterocycles. The fourth-order valence-corrected chi connectivity index (χ4v) is 2.07. The van der Waals surface area contributed by atoms with Crippen LogP contribution in [0.15, 0.2) is 36.0 Å². The van der Waals surface area contributed by atoms with Crippen molar-refractivity contribution in [3.63, 3.8) is 0 Å². The zero-order valence-corrected chi connectivity index (χ0v) is 14.7. The maximum atomic E-state index is 12.0. The number of esters is 1. The number of anilines is 1. The Morgan fingerprint density at radius 1 is 1.25 bits per heavy atom. The van der Waals surface area contributed by atoms with Crippen molar-refractivity contribution < 1.29 is 14.3 Å². The van der Waals surface area contributed by atoms with Gasteiger partial charge < -0.3 is 20.7 Å². The predicted octanol–water partition coefficient (Wildman–Crippen LogP) is 1.94. The van der Waals surface area contributed by atoms with Crippen LogP contribution in [0.5, 0.6) is 0 Å². The summed E-state index contributed by atoms with van der Waals surface area (Å²) in [5.74, 6) is -0.725. The first kappa shape index (κ1) is 19.5. The van der Waals surface area contributed by atoms with Crippen LogP contribution in [0.25, 0.3) is 0 Å². The Kier molecular flexibility index (Phi) is 8.39. The number of carbonyl (C=O) groups excluding carboxylic acids is 2. The molecular formula is C18H27N3O3. The van der Waals surface area contributed by atoms with Gasteiger partial charge in [0.25, 0.3) is 0 Å². The highest BCUT2D eigenvalue weighted by Crippen LogP contribution is 2.12. The highest BCUT2D eigenvalue weighted by Gasteiger charge is 2.10. The van der Waals surface area contributed by atoms with E-state index in [9.17, 15) is 9.59 Å². The number of rotatable bonds is 10. The van der Waals surface area contributed by atoms with Gasteiger partial charge in [-0.3, -0.25) is 4.79 Å². The molecule has 0 saturated carbocycles. The van der Waals surface area contributed by atoms with Crippen molar-refractivity contribution in [2.24, 2.45) is 5.73 Å². The summed E-state index contributed by atoms with van der Waals surface area (Å²) < 4.78 is 5.05. The molecule has 0 heterocycles. The molecule has 0 aliphatic heterocycles. The van der Waals surface area contributed by atoms with Gasteiger partial charge in [-0.05, 0) is 37.5 Å². The lowest BCUT2D eigenvalue weighted by atomic mass is 10.2. The molecule has 24 heavy (non-hydrogen) atoms. The van der Waals surface area contributed by atoms with Gasteiger partial charge in [0.05, 0.1) is 6.61 Å². The first-order valence-electron chi connectivity index (χ1n) is 8.09. The summed E-state index contributed by atoms with van der Waals surface area (Å²) in [7, 11) is 3.97. The molecule has 0 aliphatic rings. The second-order valence-electron chi connectivity index (χ2n) is 5.61. The third-order valence-electron chi connectivity index (χ3n) is 3.41. The largest absolute Gasteiger partial charge is 0.461 e. The van der Waals surface area contributed by atoms with Crippen molar-refractivity contribution in [2.75, 3.05) is 25.6 Å². The van der Waals surface area contributed by atoms with E-state index in [1.165, 1.54) is 0 Å². The summed E-state index contributed by atoms with van der Waals surface area (Å²) in [6, 6.07) is 8.08. The SMILES string of the molecule is CCOC(=O)C(=CCCCC(N)=O)NCc1ccc(N(C)C)cc1. The van der Waals surface area contributed by atoms with Crippen molar-refractivity contribution in [3.05, 3.63) is 41.6 Å². The Balaban J connectivity index is 2.64. The first-order chi connectivity index (χ1) is 11.4. The van der Waals surface area contributed by atoms with Gasteiger partial charge >= 0.3 is 5.97 Å². The molecule has 1 rings (SSSR count). The Labute approximate surface area is 143 Å². The summed E-state index contributed by atoms with van der Waals surface area (Å²) >= 11 is 0. The number of unbranched alkanes of at least 4 members (excludes halogenated alkanes) is 1. The molecule has 0 unspecified atom stereocenters. The van der Waals surface area contributed by atoms with Gasteiger partial charge in [-0.15, -0.1) is 0 Å². The molecule has 132 valence electrons. The molecule has 3 N–H and O–H groups in total. The molecule has 6 nitrogen and oxygen atoms in total. The molecule has 1 amide bonds. The molecule has 1 aromatic carbocycles. The monoisotopic (exact) mass is 333 g/mol. The third kappa shape index (κ3) is 7.17. The van der Waals surface area contributed by atoms with Crippen molar-refractivity contribution in [1.82, 2.24) is 5.32 Å². The van der Waals surface area contributed by atoms with Gasteiger partial charge in [0, 0.05) is 32.7 Å². The second-order valence-corrected chi connectivity index (χ2v) is 5.61. The number of allylic oxidation sites excluding steroid dienone is 1. The molecule has 0 saturated heterocycles. The third-order valence-corrected chi connectivity index (χ3v) is 3.41. The van der Waals surface area contributed by atoms with E-state index >= 15 is 0 Å². The van der Waals surface area contributed by atoms with Crippen LogP contribution in [0, 0.1) is 0 Å². The average molecular weight is 333 g/mol. The van der Waals surface area contributed by atoms with Crippen LogP contribution in [0.3, 0.4) is 0 Å². The minimum atomic E-state index is -0.388. The lowest BCUT2D eigenvalue weighted by molar-refractivity contribution is -0.139. The topological polar surface area (TPSA) is 84.7 Å². The van der Waals surface area contributed by atoms with Gasteiger partial charge in [0.15, 0.2) is 0 Å². The number of nitrogens with zero attached hydrogens (tertiary/aromatic N) is 1. The lowest BCUT2D eigenvalue weighted by Crippen LogP contribution is -2.22. The number of benzene rings is 1. The van der Waals surface area contributed by atoms with E-state index in [0.717, 1.165) is 11.3 Å². The van der Waals surface area contributed by atoms with E-state index in [2.05, 4.69) is 5.32 Å². The van der Waals surface area contributed by atoms with Crippen LogP contribution in [-0.2, 0) is 20.9 Å². The number of carbonyl (C=O) groups is 2. The summed E-state index contributed by atoms with van der Waals surface area (Å²) in [4.78, 5) is 24.8. The minimum absolute atomic E-state index is 0.304. The fraction of sp³-hybridized carbons (Fsp3) is 0.444. The van der Waals surface area contributed by atoms with Gasteiger partial charge in [-0.2, -0.15) is 0 Å². The molecule has 0 spiro atoms. The van der Waals surface area contributed by atoms with E-state index in [1.54, 1.807) is 13.0 Å². The van der Waals surface area contributed by atoms with Crippen molar-refractivity contribution in [2.45, 2.75) is 32.7 Å². The number of amides is 1. The summed E-state index contributed by atoms with van der Waals surface area (Å²) in [5, 5.41) is 3.11. The van der Waals surface area contributed by atoms with Crippen LogP contribution in [0.1, 0.15) is 31.7 Å². The lowest BCUT2D eigenvalue weighted by Gasteiger charge is -2.14. The predicted molar refractivity (Wildman–Crippen MR) is 95.4 cm³/mol. The number of nitrogens with one attached hydrogen (secondary N) is 1. The van der Waals surface area contributed by atoms with E-state index in [-0.39, 0.29) is 11.9 Å². The van der Waals surface area contributed by atoms with E-state index in [0.29, 0.717) is 38.1 Å². The smallest absolute Gasteiger partial charge is 0.354 e. The van der Waals surface area contributed by atoms with Crippen molar-refractivity contribution in [1.29, 1.82) is 0 Å². The number of hydrogen-bond acceptors (Lipinski definition) is 5. The first-order valence-corrected chi connectivity index (χ1v) is 8.09. The molecule has 0 fully saturated rings. The van der Waals surface area contributed by atoms with Gasteiger partial charge in [0.2, 0.25) is 5.91 Å². The molecule has 0 aliphatic carbocycles. The maximum Gasteiger partial charge on any atom is 0.354 e. The van der Waals surface area contributed by atoms with Crippen molar-refractivity contribution >= 4 is 17.6 Å². The van der Waals surface area contributed by atoms with Crippen LogP contribution in [-0.4, -0.2) is 32.6 Å². The van der Waals surface area contributed by atoms with Crippen molar-refractivity contribution in [3.8, 4) is 0 Å². The number of ether oxygens (including phenoxy) is 1. The fourth-order valence-electron chi connectivity index (χ4n) is 2.07. The zero-order valence-electron chi connectivity index (χ0n) is 14.7. The standard InChI is InChI=1S/C18H27N3O3/c1-4-24-18(23)16(7-5-6-8-17(19)22)20-13-14-9-11-15(12-10-14)21(2)3/h7,9-12,20H,4-6,8,13H2,1-3H3,(H2,19,22). The van der Waals surface area contributed by atoms with Crippen LogP contribution in [0.4, 0.5) is 5.69 Å². The number of primary amides is 1. The van der Waals surface area contributed by atoms with Crippen LogP contribution in [0.2, 0.25) is 0 Å². The average Bonchev–Trinajstić information content (AvgIpc) is 2.54. The molecule has 0 atom stereocenters. The maximum absolute atomic E-state index is 12.0. The molecule has 0 bridgehead atoms. The highest BCUT2D eigenvalue weighted by atomic mass is 16.5. The van der Waals surface area contributed by atoms with Gasteiger partial charge in [-0.1, -0.05) is 18.2 Å². The molecular weight excluding hydrogens is 306 g/mol. The number of hydrogen-bond donors (Lipinski definition) is 2. The Morgan fingerprint density at radius 2 is 1.92 bits per heavy atom. The molecule has 1 aromatic rings. The highest BCUT2D eigenvalue weighted by molar-refractivity contribution is 5.87.